The predicted octanol–water partition coefficient (Wildman–Crippen LogP) is 20.1. The van der Waals surface area contributed by atoms with Crippen molar-refractivity contribution in [3.8, 4) is 45.5 Å². The minimum Gasteiger partial charge on any atom is -0.309 e. The van der Waals surface area contributed by atoms with Gasteiger partial charge < -0.3 is 9.13 Å². The number of nitrogens with zero attached hydrogens (tertiary/aromatic N) is 5. The van der Waals surface area contributed by atoms with Crippen LogP contribution in [-0.4, -0.2) is 24.1 Å². The second-order valence-corrected chi connectivity index (χ2v) is 29.7. The molecule has 0 spiro atoms. The number of hydrogen-bond acceptors (Lipinski definition) is 3. The van der Waals surface area contributed by atoms with Crippen molar-refractivity contribution >= 4 is 43.6 Å². The Hall–Kier alpha value is -6.85. The van der Waals surface area contributed by atoms with E-state index in [1.165, 1.54) is 55.1 Å². The number of fused-ring (bicyclic) bond motifs is 6. The number of rotatable bonds is 5. The van der Waals surface area contributed by atoms with E-state index in [4.69, 9.17) is 15.0 Å². The lowest BCUT2D eigenvalue weighted by Gasteiger charge is -2.26. The van der Waals surface area contributed by atoms with Crippen LogP contribution in [0.1, 0.15) is 184 Å². The van der Waals surface area contributed by atoms with Crippen molar-refractivity contribution in [3.63, 3.8) is 0 Å². The van der Waals surface area contributed by atoms with Crippen molar-refractivity contribution in [3.05, 3.63) is 172 Å². The summed E-state index contributed by atoms with van der Waals surface area (Å²) in [5.41, 5.74) is 17.8. The highest BCUT2D eigenvalue weighted by Gasteiger charge is 2.29. The first-order valence-corrected chi connectivity index (χ1v) is 28.4. The molecule has 0 aliphatic rings. The maximum atomic E-state index is 5.78. The molecule has 78 heavy (non-hydrogen) atoms. The van der Waals surface area contributed by atoms with Crippen LogP contribution in [0.5, 0.6) is 0 Å². The molecule has 5 heteroatoms. The summed E-state index contributed by atoms with van der Waals surface area (Å²) in [5.74, 6) is 1.94. The third-order valence-corrected chi connectivity index (χ3v) is 16.2. The number of hydrogen-bond donors (Lipinski definition) is 0. The van der Waals surface area contributed by atoms with Gasteiger partial charge in [-0.25, -0.2) is 15.0 Å². The summed E-state index contributed by atoms with van der Waals surface area (Å²) in [6.07, 6.45) is 0. The number of para-hydroxylation sites is 1. The van der Waals surface area contributed by atoms with Gasteiger partial charge in [0, 0.05) is 49.6 Å². The second-order valence-electron chi connectivity index (χ2n) is 29.7. The first-order chi connectivity index (χ1) is 36.1. The van der Waals surface area contributed by atoms with Crippen LogP contribution in [0.15, 0.2) is 133 Å². The first kappa shape index (κ1) is 54.5. The fourth-order valence-corrected chi connectivity index (χ4v) is 11.0. The van der Waals surface area contributed by atoms with Crippen molar-refractivity contribution in [2.75, 3.05) is 0 Å². The Balaban J connectivity index is 1.42. The molecular formula is C73H85N5. The fourth-order valence-electron chi connectivity index (χ4n) is 11.0. The molecule has 0 unspecified atom stereocenters. The van der Waals surface area contributed by atoms with Gasteiger partial charge in [-0.1, -0.05) is 194 Å². The highest BCUT2D eigenvalue weighted by Crippen LogP contribution is 2.45. The average Bonchev–Trinajstić information content (AvgIpc) is 4.11. The topological polar surface area (TPSA) is 48.5 Å². The molecule has 3 heterocycles. The zero-order valence-corrected chi connectivity index (χ0v) is 50.9. The second kappa shape index (κ2) is 18.4. The smallest absolute Gasteiger partial charge is 0.166 e. The largest absolute Gasteiger partial charge is 0.309 e. The Bertz CT molecular complexity index is 3750. The summed E-state index contributed by atoms with van der Waals surface area (Å²) in [6.45, 7) is 48.4. The van der Waals surface area contributed by atoms with Gasteiger partial charge in [-0.05, 0) is 162 Å². The van der Waals surface area contributed by atoms with Crippen molar-refractivity contribution in [2.45, 2.75) is 183 Å². The lowest BCUT2D eigenvalue weighted by molar-refractivity contribution is 0.568. The molecule has 0 aliphatic heterocycles. The Morgan fingerprint density at radius 3 is 0.962 bits per heavy atom. The molecule has 5 nitrogen and oxygen atoms in total. The van der Waals surface area contributed by atoms with Crippen molar-refractivity contribution in [2.24, 2.45) is 0 Å². The first-order valence-electron chi connectivity index (χ1n) is 28.4. The molecule has 10 rings (SSSR count). The Morgan fingerprint density at radius 2 is 0.603 bits per heavy atom. The van der Waals surface area contributed by atoms with Crippen molar-refractivity contribution in [1.82, 2.24) is 24.1 Å². The number of benzene rings is 7. The Kier molecular flexibility index (Phi) is 12.8. The number of aromatic nitrogens is 5. The van der Waals surface area contributed by atoms with E-state index in [0.29, 0.717) is 17.5 Å². The van der Waals surface area contributed by atoms with Crippen LogP contribution in [0.2, 0.25) is 0 Å². The van der Waals surface area contributed by atoms with E-state index in [9.17, 15) is 0 Å². The van der Waals surface area contributed by atoms with Crippen LogP contribution in [0, 0.1) is 0 Å². The van der Waals surface area contributed by atoms with Crippen LogP contribution in [0.4, 0.5) is 0 Å². The summed E-state index contributed by atoms with van der Waals surface area (Å²) in [5, 5.41) is 4.82. The van der Waals surface area contributed by atoms with E-state index in [-0.39, 0.29) is 37.9 Å². The summed E-state index contributed by atoms with van der Waals surface area (Å²) >= 11 is 0. The van der Waals surface area contributed by atoms with Crippen LogP contribution >= 0.6 is 0 Å². The van der Waals surface area contributed by atoms with E-state index >= 15 is 0 Å². The summed E-state index contributed by atoms with van der Waals surface area (Å²) in [6, 6.07) is 51.0. The van der Waals surface area contributed by atoms with Crippen molar-refractivity contribution in [1.29, 1.82) is 0 Å². The minimum absolute atomic E-state index is 0.0332. The lowest BCUT2D eigenvalue weighted by Crippen LogP contribution is -2.17. The van der Waals surface area contributed by atoms with E-state index in [2.05, 4.69) is 288 Å². The predicted molar refractivity (Wildman–Crippen MR) is 336 cm³/mol. The monoisotopic (exact) mass is 1030 g/mol. The van der Waals surface area contributed by atoms with E-state index in [0.717, 1.165) is 55.5 Å². The molecule has 0 radical (unpaired) electrons. The molecule has 0 amide bonds. The van der Waals surface area contributed by atoms with Crippen LogP contribution < -0.4 is 0 Å². The maximum absolute atomic E-state index is 5.78. The highest BCUT2D eigenvalue weighted by atomic mass is 15.1. The molecule has 0 saturated heterocycles. The molecule has 0 saturated carbocycles. The molecule has 0 N–H and O–H groups in total. The van der Waals surface area contributed by atoms with E-state index < -0.39 is 0 Å². The molecule has 0 fully saturated rings. The molecular weight excluding hydrogens is 947 g/mol. The van der Waals surface area contributed by atoms with Crippen LogP contribution in [0.3, 0.4) is 0 Å². The molecule has 0 bridgehead atoms. The fraction of sp³-hybridized carbons (Fsp3) is 0.384. The van der Waals surface area contributed by atoms with Crippen LogP contribution in [0.25, 0.3) is 89.2 Å². The zero-order valence-electron chi connectivity index (χ0n) is 50.9. The van der Waals surface area contributed by atoms with Gasteiger partial charge in [-0.3, -0.25) is 0 Å². The minimum atomic E-state index is -0.121. The van der Waals surface area contributed by atoms with Gasteiger partial charge in [0.2, 0.25) is 0 Å². The molecule has 10 aromatic rings. The molecule has 0 atom stereocenters. The van der Waals surface area contributed by atoms with Gasteiger partial charge >= 0.3 is 0 Å². The summed E-state index contributed by atoms with van der Waals surface area (Å²) in [4.78, 5) is 17.2. The van der Waals surface area contributed by atoms with Gasteiger partial charge in [0.05, 0.1) is 22.1 Å². The van der Waals surface area contributed by atoms with Crippen LogP contribution in [-0.2, 0) is 37.9 Å². The molecule has 402 valence electrons. The molecule has 0 aliphatic carbocycles. The van der Waals surface area contributed by atoms with Gasteiger partial charge in [-0.2, -0.15) is 0 Å². The van der Waals surface area contributed by atoms with Gasteiger partial charge in [0.25, 0.3) is 0 Å². The van der Waals surface area contributed by atoms with Gasteiger partial charge in [-0.15, -0.1) is 0 Å². The normalized spacial score (nSPS) is 13.4. The van der Waals surface area contributed by atoms with Crippen molar-refractivity contribution < 1.29 is 0 Å². The SMILES string of the molecule is CC(C)(C)c1cc(-c2nc(-c3cc(C(C)(C)C)cc(C(C)(C)C)c3)nc(-c3cc(-n4c5ccc(C(C)(C)C)cc5c5cc(C(C)(C)C)ccc54)cc4c5cc(C(C)(C)C)ccc5n(-c5ccccc5)c34)n2)cc(C(C)(C)C)c1. The maximum Gasteiger partial charge on any atom is 0.166 e. The summed E-state index contributed by atoms with van der Waals surface area (Å²) in [7, 11) is 0. The zero-order chi connectivity index (χ0) is 56.6. The standard InChI is InChI=1S/C73H85N5/c1-67(2,3)46-27-30-60-55(39-46)56-40-47(68(4,5)6)28-31-61(56)77(60)54-42-58-57-41-48(69(7,8)9)29-32-62(57)78(53-25-23-22-24-26-53)63(58)59(43-54)66-75-64(44-33-49(70(10,11)12)37-50(34-44)71(13,14)15)74-65(76-66)45-35-51(72(16,17)18)38-52(36-45)73(19,20)21/h22-43H,1-21H3. The van der Waals surface area contributed by atoms with Gasteiger partial charge in [0.1, 0.15) is 0 Å². The van der Waals surface area contributed by atoms with Gasteiger partial charge in [0.15, 0.2) is 17.5 Å². The van der Waals surface area contributed by atoms with E-state index in [1.54, 1.807) is 0 Å². The summed E-state index contributed by atoms with van der Waals surface area (Å²) < 4.78 is 4.95. The quantitative estimate of drug-likeness (QED) is 0.173. The Labute approximate surface area is 466 Å². The average molecular weight is 1030 g/mol. The third-order valence-electron chi connectivity index (χ3n) is 16.2. The highest BCUT2D eigenvalue weighted by molar-refractivity contribution is 6.16. The Morgan fingerprint density at radius 1 is 0.269 bits per heavy atom. The third kappa shape index (κ3) is 10.1. The molecule has 3 aromatic heterocycles. The lowest BCUT2D eigenvalue weighted by atomic mass is 9.79. The molecule has 7 aromatic carbocycles. The van der Waals surface area contributed by atoms with E-state index in [1.807, 2.05) is 0 Å².